The van der Waals surface area contributed by atoms with Gasteiger partial charge in [-0.25, -0.2) is 13.6 Å². The quantitative estimate of drug-likeness (QED) is 0.846. The van der Waals surface area contributed by atoms with Gasteiger partial charge in [0.15, 0.2) is 17.4 Å². The number of benzene rings is 1. The van der Waals surface area contributed by atoms with Crippen LogP contribution in [-0.4, -0.2) is 31.9 Å². The lowest BCUT2D eigenvalue weighted by Crippen LogP contribution is -2.41. The second-order valence-electron chi connectivity index (χ2n) is 5.64. The summed E-state index contributed by atoms with van der Waals surface area (Å²) in [7, 11) is 2.76. The van der Waals surface area contributed by atoms with Crippen LogP contribution in [0, 0.1) is 11.6 Å². The Labute approximate surface area is 129 Å². The highest BCUT2D eigenvalue weighted by Gasteiger charge is 2.21. The Hall–Kier alpha value is -1.89. The number of anilines is 1. The van der Waals surface area contributed by atoms with Crippen molar-refractivity contribution in [1.29, 1.82) is 0 Å². The lowest BCUT2D eigenvalue weighted by atomic mass is 10.00. The predicted octanol–water partition coefficient (Wildman–Crippen LogP) is 3.30. The second-order valence-corrected chi connectivity index (χ2v) is 5.64. The molecule has 0 saturated heterocycles. The van der Waals surface area contributed by atoms with Gasteiger partial charge < -0.3 is 20.1 Å². The Bertz CT molecular complexity index is 513. The summed E-state index contributed by atoms with van der Waals surface area (Å²) in [6, 6.07) is 1.25. The van der Waals surface area contributed by atoms with E-state index in [-0.39, 0.29) is 17.3 Å². The van der Waals surface area contributed by atoms with Gasteiger partial charge in [0, 0.05) is 31.0 Å². The van der Waals surface area contributed by atoms with E-state index in [0.717, 1.165) is 12.1 Å². The van der Waals surface area contributed by atoms with E-state index in [0.29, 0.717) is 6.42 Å². The van der Waals surface area contributed by atoms with Crippen LogP contribution in [0.4, 0.5) is 19.3 Å². The van der Waals surface area contributed by atoms with Gasteiger partial charge in [0.25, 0.3) is 0 Å². The van der Waals surface area contributed by atoms with E-state index >= 15 is 0 Å². The van der Waals surface area contributed by atoms with Crippen molar-refractivity contribution in [1.82, 2.24) is 5.32 Å². The van der Waals surface area contributed by atoms with Crippen LogP contribution in [0.5, 0.6) is 5.75 Å². The van der Waals surface area contributed by atoms with Crippen molar-refractivity contribution in [3.63, 3.8) is 0 Å². The van der Waals surface area contributed by atoms with Gasteiger partial charge in [0.05, 0.1) is 12.7 Å². The first-order valence-electron chi connectivity index (χ1n) is 6.84. The van der Waals surface area contributed by atoms with Gasteiger partial charge in [-0.1, -0.05) is 0 Å². The fourth-order valence-electron chi connectivity index (χ4n) is 2.09. The van der Waals surface area contributed by atoms with E-state index in [1.165, 1.54) is 7.11 Å². The number of urea groups is 1. The summed E-state index contributed by atoms with van der Waals surface area (Å²) in [5.74, 6) is -2.25. The SMILES string of the molecule is COc1c(F)cc(NC(=O)N[C@@H](C)CC(C)(C)OC)cc1F. The zero-order valence-corrected chi connectivity index (χ0v) is 13.4. The Kier molecular flexibility index (Phi) is 6.11. The summed E-state index contributed by atoms with van der Waals surface area (Å²) in [5, 5.41) is 5.06. The van der Waals surface area contributed by atoms with Gasteiger partial charge in [-0.05, 0) is 27.2 Å². The van der Waals surface area contributed by atoms with Gasteiger partial charge >= 0.3 is 6.03 Å². The van der Waals surface area contributed by atoms with E-state index in [1.54, 1.807) is 7.11 Å². The first-order valence-corrected chi connectivity index (χ1v) is 6.84. The molecule has 0 bridgehead atoms. The van der Waals surface area contributed by atoms with E-state index in [9.17, 15) is 13.6 Å². The van der Waals surface area contributed by atoms with Crippen molar-refractivity contribution in [3.8, 4) is 5.75 Å². The Balaban J connectivity index is 2.66. The average Bonchev–Trinajstić information content (AvgIpc) is 2.37. The van der Waals surface area contributed by atoms with Crippen LogP contribution in [0.3, 0.4) is 0 Å². The normalized spacial score (nSPS) is 12.7. The van der Waals surface area contributed by atoms with Crippen LogP contribution >= 0.6 is 0 Å². The van der Waals surface area contributed by atoms with E-state index in [4.69, 9.17) is 4.74 Å². The molecule has 0 heterocycles. The molecule has 0 unspecified atom stereocenters. The predicted molar refractivity (Wildman–Crippen MR) is 80.2 cm³/mol. The highest BCUT2D eigenvalue weighted by atomic mass is 19.1. The molecule has 124 valence electrons. The molecule has 22 heavy (non-hydrogen) atoms. The largest absolute Gasteiger partial charge is 0.491 e. The molecule has 1 aromatic carbocycles. The minimum absolute atomic E-state index is 0.00602. The third-order valence-electron chi connectivity index (χ3n) is 3.19. The van der Waals surface area contributed by atoms with Crippen LogP contribution in [-0.2, 0) is 4.74 Å². The van der Waals surface area contributed by atoms with Gasteiger partial charge in [-0.2, -0.15) is 0 Å². The maximum Gasteiger partial charge on any atom is 0.319 e. The molecule has 1 aromatic rings. The van der Waals surface area contributed by atoms with Gasteiger partial charge in [0.2, 0.25) is 0 Å². The summed E-state index contributed by atoms with van der Waals surface area (Å²) >= 11 is 0. The Morgan fingerprint density at radius 1 is 1.27 bits per heavy atom. The zero-order chi connectivity index (χ0) is 16.9. The number of carbonyl (C=O) groups excluding carboxylic acids is 1. The van der Waals surface area contributed by atoms with Crippen molar-refractivity contribution in [2.75, 3.05) is 19.5 Å². The molecule has 2 amide bonds. The minimum atomic E-state index is -0.883. The summed E-state index contributed by atoms with van der Waals surface area (Å²) in [5.41, 5.74) is -0.378. The third kappa shape index (κ3) is 5.14. The summed E-state index contributed by atoms with van der Waals surface area (Å²) in [6.45, 7) is 5.62. The van der Waals surface area contributed by atoms with E-state index < -0.39 is 23.4 Å². The fourth-order valence-corrected chi connectivity index (χ4v) is 2.09. The minimum Gasteiger partial charge on any atom is -0.491 e. The fraction of sp³-hybridized carbons (Fsp3) is 0.533. The number of nitrogens with one attached hydrogen (secondary N) is 2. The molecular formula is C15H22F2N2O3. The zero-order valence-electron chi connectivity index (χ0n) is 13.4. The first kappa shape index (κ1) is 18.2. The molecule has 0 saturated carbocycles. The number of hydrogen-bond acceptors (Lipinski definition) is 3. The molecule has 2 N–H and O–H groups in total. The van der Waals surface area contributed by atoms with Crippen LogP contribution in [0.1, 0.15) is 27.2 Å². The molecule has 0 fully saturated rings. The molecule has 0 aliphatic carbocycles. The number of ether oxygens (including phenoxy) is 2. The highest BCUT2D eigenvalue weighted by Crippen LogP contribution is 2.25. The molecule has 7 heteroatoms. The van der Waals surface area contributed by atoms with Crippen LogP contribution in [0.25, 0.3) is 0 Å². The summed E-state index contributed by atoms with van der Waals surface area (Å²) in [6.07, 6.45) is 0.586. The second kappa shape index (κ2) is 7.40. The summed E-state index contributed by atoms with van der Waals surface area (Å²) < 4.78 is 36.9. The number of amides is 2. The molecule has 0 aromatic heterocycles. The lowest BCUT2D eigenvalue weighted by Gasteiger charge is -2.27. The Morgan fingerprint density at radius 2 is 1.82 bits per heavy atom. The molecule has 0 aliphatic rings. The number of halogens is 2. The van der Waals surface area contributed by atoms with Crippen LogP contribution < -0.4 is 15.4 Å². The molecule has 0 radical (unpaired) electrons. The molecule has 0 spiro atoms. The van der Waals surface area contributed by atoms with Crippen LogP contribution in [0.15, 0.2) is 12.1 Å². The standard InChI is InChI=1S/C15H22F2N2O3/c1-9(8-15(2,3)22-5)18-14(20)19-10-6-11(16)13(21-4)12(17)7-10/h6-7,9H,8H2,1-5H3,(H2,18,19,20)/t9-/m0/s1. The van der Waals surface area contributed by atoms with Gasteiger partial charge in [0.1, 0.15) is 0 Å². The monoisotopic (exact) mass is 316 g/mol. The number of rotatable bonds is 6. The highest BCUT2D eigenvalue weighted by molar-refractivity contribution is 5.89. The van der Waals surface area contributed by atoms with E-state index in [2.05, 4.69) is 15.4 Å². The maximum atomic E-state index is 13.5. The van der Waals surface area contributed by atoms with Crippen molar-refractivity contribution in [2.45, 2.75) is 38.8 Å². The van der Waals surface area contributed by atoms with Crippen molar-refractivity contribution in [3.05, 3.63) is 23.8 Å². The molecular weight excluding hydrogens is 294 g/mol. The average molecular weight is 316 g/mol. The first-order chi connectivity index (χ1) is 10.2. The number of methoxy groups -OCH3 is 2. The van der Waals surface area contributed by atoms with Crippen molar-refractivity contribution in [2.24, 2.45) is 0 Å². The maximum absolute atomic E-state index is 13.5. The number of hydrogen-bond donors (Lipinski definition) is 2. The topological polar surface area (TPSA) is 59.6 Å². The smallest absolute Gasteiger partial charge is 0.319 e. The van der Waals surface area contributed by atoms with Gasteiger partial charge in [-0.3, -0.25) is 0 Å². The van der Waals surface area contributed by atoms with Crippen molar-refractivity contribution >= 4 is 11.7 Å². The molecule has 0 aliphatic heterocycles. The number of carbonyl (C=O) groups is 1. The van der Waals surface area contributed by atoms with Crippen molar-refractivity contribution < 1.29 is 23.0 Å². The molecule has 5 nitrogen and oxygen atoms in total. The van der Waals surface area contributed by atoms with E-state index in [1.807, 2.05) is 20.8 Å². The Morgan fingerprint density at radius 3 is 2.27 bits per heavy atom. The third-order valence-corrected chi connectivity index (χ3v) is 3.19. The molecule has 1 rings (SSSR count). The lowest BCUT2D eigenvalue weighted by molar-refractivity contribution is 0.00963. The summed E-state index contributed by atoms with van der Waals surface area (Å²) in [4.78, 5) is 11.8. The van der Waals surface area contributed by atoms with Gasteiger partial charge in [-0.15, -0.1) is 0 Å². The van der Waals surface area contributed by atoms with Crippen LogP contribution in [0.2, 0.25) is 0 Å². The molecule has 1 atom stereocenters.